The quantitative estimate of drug-likeness (QED) is 0.0533. The molecular formula is C85H71N5O11. The van der Waals surface area contributed by atoms with E-state index in [0.29, 0.717) is 22.6 Å². The van der Waals surface area contributed by atoms with Gasteiger partial charge in [-0.1, -0.05) is 188 Å². The second-order valence-electron chi connectivity index (χ2n) is 21.8. The maximum Gasteiger partial charge on any atom is 0.335 e. The molecule has 0 atom stereocenters. The van der Waals surface area contributed by atoms with Gasteiger partial charge in [0, 0.05) is 53.2 Å². The summed E-state index contributed by atoms with van der Waals surface area (Å²) in [7, 11) is 0. The van der Waals surface area contributed by atoms with E-state index in [2.05, 4.69) is 24.9 Å². The van der Waals surface area contributed by atoms with E-state index < -0.39 is 11.9 Å². The SMILES string of the molecule is CC(=O)c1cccc(/C=C/c2ccccc2)c1O.CC(=O)c1cccc(/C=C/c2ccccn2)c1.CC(=O)c1cccc(/C=C/c2cccnc2)c1.CC(=O)c1cccc(/C=C/c2ccncc2)c1.O=C(O)c1cccc(/C=C/c2cnco2)c1.O=C(O)c1cccc(/C=C/c2cocn2)c1. The number of carbonyl (C=O) groups excluding carboxylic acids is 4. The molecule has 0 bridgehead atoms. The van der Waals surface area contributed by atoms with Gasteiger partial charge in [0.25, 0.3) is 0 Å². The van der Waals surface area contributed by atoms with Crippen molar-refractivity contribution >= 4 is 108 Å². The molecular weight excluding hydrogens is 1270 g/mol. The van der Waals surface area contributed by atoms with Crippen molar-refractivity contribution in [1.29, 1.82) is 0 Å². The molecule has 0 radical (unpaired) electrons. The number of benzene rings is 7. The molecule has 0 unspecified atom stereocenters. The molecule has 12 aromatic rings. The van der Waals surface area contributed by atoms with Crippen molar-refractivity contribution in [3.63, 3.8) is 0 Å². The van der Waals surface area contributed by atoms with Gasteiger partial charge in [0.15, 0.2) is 35.9 Å². The van der Waals surface area contributed by atoms with E-state index in [0.717, 1.165) is 66.9 Å². The number of pyridine rings is 3. The van der Waals surface area contributed by atoms with Gasteiger partial charge in [-0.15, -0.1) is 0 Å². The van der Waals surface area contributed by atoms with Gasteiger partial charge in [-0.05, 0) is 169 Å². The molecule has 5 heterocycles. The van der Waals surface area contributed by atoms with Crippen LogP contribution in [0, 0.1) is 0 Å². The highest BCUT2D eigenvalue weighted by atomic mass is 16.4. The molecule has 3 N–H and O–H groups in total. The molecule has 0 saturated heterocycles. The van der Waals surface area contributed by atoms with Crippen molar-refractivity contribution in [2.75, 3.05) is 0 Å². The van der Waals surface area contributed by atoms with E-state index in [9.17, 15) is 33.9 Å². The molecule has 0 aliphatic rings. The number of phenolic OH excluding ortho intramolecular Hbond substituents is 1. The first kappa shape index (κ1) is 74.7. The van der Waals surface area contributed by atoms with E-state index in [1.54, 1.807) is 143 Å². The highest BCUT2D eigenvalue weighted by Gasteiger charge is 2.09. The number of nitrogens with zero attached hydrogens (tertiary/aromatic N) is 5. The number of ketones is 4. The van der Waals surface area contributed by atoms with Crippen LogP contribution in [0.4, 0.5) is 0 Å². The van der Waals surface area contributed by atoms with Gasteiger partial charge in [0.05, 0.1) is 28.6 Å². The minimum atomic E-state index is -0.935. The zero-order valence-corrected chi connectivity index (χ0v) is 55.7. The van der Waals surface area contributed by atoms with Gasteiger partial charge in [0.1, 0.15) is 23.5 Å². The molecule has 5 aromatic heterocycles. The molecule has 0 spiro atoms. The number of carboxylic acid groups (broad SMARTS) is 2. The zero-order chi connectivity index (χ0) is 72.0. The summed E-state index contributed by atoms with van der Waals surface area (Å²) in [5.41, 5.74) is 13.2. The molecule has 0 amide bonds. The molecule has 502 valence electrons. The Morgan fingerprint density at radius 2 is 0.782 bits per heavy atom. The van der Waals surface area contributed by atoms with Crippen LogP contribution in [0.5, 0.6) is 5.75 Å². The molecule has 0 aliphatic heterocycles. The lowest BCUT2D eigenvalue weighted by Gasteiger charge is -2.03. The van der Waals surface area contributed by atoms with E-state index >= 15 is 0 Å². The average molecular weight is 1340 g/mol. The van der Waals surface area contributed by atoms with Gasteiger partial charge >= 0.3 is 11.9 Å². The predicted octanol–water partition coefficient (Wildman–Crippen LogP) is 19.2. The number of aromatic carboxylic acids is 2. The average Bonchev–Trinajstić information content (AvgIpc) is 0.924. The van der Waals surface area contributed by atoms with Crippen LogP contribution >= 0.6 is 0 Å². The molecule has 0 aliphatic carbocycles. The van der Waals surface area contributed by atoms with E-state index in [1.807, 2.05) is 200 Å². The van der Waals surface area contributed by atoms with Crippen LogP contribution in [0.1, 0.15) is 157 Å². The largest absolute Gasteiger partial charge is 0.507 e. The summed E-state index contributed by atoms with van der Waals surface area (Å²) in [5.74, 6) is -1.09. The lowest BCUT2D eigenvalue weighted by molar-refractivity contribution is 0.0686. The van der Waals surface area contributed by atoms with Crippen LogP contribution in [-0.4, -0.2) is 75.3 Å². The first-order valence-electron chi connectivity index (χ1n) is 31.4. The summed E-state index contributed by atoms with van der Waals surface area (Å²) in [5, 5.41) is 27.6. The molecule has 0 fully saturated rings. The second-order valence-corrected chi connectivity index (χ2v) is 21.8. The number of Topliss-reactive ketones (excluding diaryl/α,β-unsaturated/α-hetero) is 4. The lowest BCUT2D eigenvalue weighted by Crippen LogP contribution is -1.95. The molecule has 101 heavy (non-hydrogen) atoms. The van der Waals surface area contributed by atoms with Crippen LogP contribution in [0.25, 0.3) is 72.9 Å². The predicted molar refractivity (Wildman–Crippen MR) is 400 cm³/mol. The van der Waals surface area contributed by atoms with E-state index in [4.69, 9.17) is 19.0 Å². The Bertz CT molecular complexity index is 4490. The van der Waals surface area contributed by atoms with Crippen LogP contribution < -0.4 is 0 Å². The number of hydrogen-bond acceptors (Lipinski definition) is 14. The third kappa shape index (κ3) is 27.1. The maximum atomic E-state index is 11.3. The molecule has 7 aromatic carbocycles. The minimum absolute atomic E-state index is 0.0391. The van der Waals surface area contributed by atoms with Gasteiger partial charge in [-0.2, -0.15) is 0 Å². The van der Waals surface area contributed by atoms with Gasteiger partial charge in [-0.3, -0.25) is 34.1 Å². The van der Waals surface area contributed by atoms with Gasteiger partial charge in [0.2, 0.25) is 0 Å². The van der Waals surface area contributed by atoms with Crippen molar-refractivity contribution < 1.29 is 52.9 Å². The van der Waals surface area contributed by atoms with Crippen molar-refractivity contribution in [2.24, 2.45) is 0 Å². The van der Waals surface area contributed by atoms with Crippen LogP contribution in [0.15, 0.2) is 277 Å². The van der Waals surface area contributed by atoms with Crippen molar-refractivity contribution in [1.82, 2.24) is 24.9 Å². The summed E-state index contributed by atoms with van der Waals surface area (Å²) < 4.78 is 9.83. The Labute approximate surface area is 585 Å². The van der Waals surface area contributed by atoms with Crippen LogP contribution in [0.3, 0.4) is 0 Å². The summed E-state index contributed by atoms with van der Waals surface area (Å²) in [6.07, 6.45) is 37.1. The number of para-hydroxylation sites is 1. The molecule has 12 rings (SSSR count). The van der Waals surface area contributed by atoms with Crippen LogP contribution in [-0.2, 0) is 0 Å². The number of carboxylic acids is 2. The van der Waals surface area contributed by atoms with Gasteiger partial charge < -0.3 is 24.2 Å². The third-order valence-corrected chi connectivity index (χ3v) is 14.1. The number of hydrogen-bond donors (Lipinski definition) is 3. The van der Waals surface area contributed by atoms with Crippen molar-refractivity contribution in [3.05, 3.63) is 369 Å². The Morgan fingerprint density at radius 1 is 0.337 bits per heavy atom. The highest BCUT2D eigenvalue weighted by Crippen LogP contribution is 2.25. The maximum absolute atomic E-state index is 11.3. The fourth-order valence-electron chi connectivity index (χ4n) is 8.83. The lowest BCUT2D eigenvalue weighted by atomic mass is 10.0. The number of phenols is 1. The first-order chi connectivity index (χ1) is 49.0. The van der Waals surface area contributed by atoms with Crippen molar-refractivity contribution in [3.8, 4) is 5.75 Å². The number of carbonyl (C=O) groups is 6. The smallest absolute Gasteiger partial charge is 0.335 e. The molecule has 0 saturated carbocycles. The Hall–Kier alpha value is -13.7. The van der Waals surface area contributed by atoms with Crippen LogP contribution in [0.2, 0.25) is 0 Å². The normalized spacial score (nSPS) is 10.7. The topological polar surface area (TPSA) is 254 Å². The Kier molecular flexibility index (Phi) is 30.0. The monoisotopic (exact) mass is 1340 g/mol. The van der Waals surface area contributed by atoms with E-state index in [1.165, 1.54) is 26.0 Å². The Balaban J connectivity index is 0.000000170. The summed E-state index contributed by atoms with van der Waals surface area (Å²) in [4.78, 5) is 86.4. The number of oxazole rings is 2. The van der Waals surface area contributed by atoms with E-state index in [-0.39, 0.29) is 40.0 Å². The second kappa shape index (κ2) is 40.6. The fraction of sp³-hybridized carbons (Fsp3) is 0.0471. The summed E-state index contributed by atoms with van der Waals surface area (Å²) >= 11 is 0. The number of rotatable bonds is 18. The molecule has 16 heteroatoms. The zero-order valence-electron chi connectivity index (χ0n) is 55.7. The fourth-order valence-corrected chi connectivity index (χ4v) is 8.83. The third-order valence-electron chi connectivity index (χ3n) is 14.1. The number of aromatic hydroxyl groups is 1. The van der Waals surface area contributed by atoms with Gasteiger partial charge in [-0.25, -0.2) is 19.6 Å². The Morgan fingerprint density at radius 3 is 1.25 bits per heavy atom. The summed E-state index contributed by atoms with van der Waals surface area (Å²) in [6, 6.07) is 64.5. The molecule has 16 nitrogen and oxygen atoms in total. The standard InChI is InChI=1S/C16H14O2.3C15H13NO.2C12H9NO3/c1-12(17)15-9-5-8-14(16(15)18)11-10-13-6-3-2-4-7-13;1-12(17)15-6-2-4-13(10-15)7-8-14-5-3-9-16-11-14;1-12(17)14-6-4-5-13(11-14)8-9-15-7-2-3-10-16-15;1-12(17)15-4-2-3-14(11-15)6-5-13-7-9-16-10-8-13;14-12(15)10-3-1-2-9(6-10)4-5-11-7-16-8-13-11;14-12(15)10-3-1-2-9(6-10)4-5-11-7-13-8-16-11/h2-11,18H,1H3;3*2-11H,1H3;2*1-8H,(H,14,15)/b11-10+;8-7+;9-8+;6-5+;2*5-4+. The highest BCUT2D eigenvalue weighted by molar-refractivity contribution is 5.99. The minimum Gasteiger partial charge on any atom is -0.507 e. The number of aromatic nitrogens is 5. The van der Waals surface area contributed by atoms with Crippen molar-refractivity contribution in [2.45, 2.75) is 27.7 Å². The first-order valence-corrected chi connectivity index (χ1v) is 31.4. The summed E-state index contributed by atoms with van der Waals surface area (Å²) in [6.45, 7) is 6.16.